The van der Waals surface area contributed by atoms with E-state index in [0.29, 0.717) is 8.67 Å². The summed E-state index contributed by atoms with van der Waals surface area (Å²) in [6.07, 6.45) is 1.04. The average molecular weight is 344 g/mol. The fraction of sp³-hybridized carbons (Fsp3) is 0.333. The second-order valence-electron chi connectivity index (χ2n) is 4.78. The van der Waals surface area contributed by atoms with E-state index in [9.17, 15) is 0 Å². The van der Waals surface area contributed by atoms with E-state index in [1.807, 2.05) is 24.3 Å². The molecular weight excluding hydrogens is 329 g/mol. The van der Waals surface area contributed by atoms with E-state index in [4.69, 9.17) is 32.7 Å². The summed E-state index contributed by atoms with van der Waals surface area (Å²) in [7, 11) is 0. The number of halogens is 2. The first-order valence-electron chi connectivity index (χ1n) is 6.76. The summed E-state index contributed by atoms with van der Waals surface area (Å²) >= 11 is 13.8. The Labute approximate surface area is 137 Å². The SMILES string of the molecule is CCCNC(c1ccc2c(c1)OCO2)c1cc(Cl)sc1Cl. The molecule has 21 heavy (non-hydrogen) atoms. The third-order valence-electron chi connectivity index (χ3n) is 3.32. The summed E-state index contributed by atoms with van der Waals surface area (Å²) < 4.78 is 12.2. The van der Waals surface area contributed by atoms with Gasteiger partial charge < -0.3 is 14.8 Å². The Morgan fingerprint density at radius 1 is 1.24 bits per heavy atom. The molecular formula is C15H15Cl2NO2S. The molecule has 1 N–H and O–H groups in total. The molecule has 1 unspecified atom stereocenters. The largest absolute Gasteiger partial charge is 0.454 e. The van der Waals surface area contributed by atoms with Crippen LogP contribution in [0.15, 0.2) is 24.3 Å². The van der Waals surface area contributed by atoms with Gasteiger partial charge in [0.25, 0.3) is 0 Å². The highest BCUT2D eigenvalue weighted by atomic mass is 35.5. The number of benzene rings is 1. The molecule has 0 amide bonds. The third kappa shape index (κ3) is 3.14. The van der Waals surface area contributed by atoms with Crippen LogP contribution in [0, 0.1) is 0 Å². The first-order valence-corrected chi connectivity index (χ1v) is 8.34. The molecule has 6 heteroatoms. The Hall–Kier alpha value is -0.940. The molecule has 1 aliphatic rings. The summed E-state index contributed by atoms with van der Waals surface area (Å²) in [5.74, 6) is 1.55. The third-order valence-corrected chi connectivity index (χ3v) is 4.84. The van der Waals surface area contributed by atoms with Crippen LogP contribution in [0.5, 0.6) is 11.5 Å². The van der Waals surface area contributed by atoms with E-state index in [1.165, 1.54) is 11.3 Å². The molecule has 1 aliphatic heterocycles. The zero-order valence-corrected chi connectivity index (χ0v) is 13.8. The Morgan fingerprint density at radius 3 is 2.76 bits per heavy atom. The van der Waals surface area contributed by atoms with Crippen LogP contribution in [0.1, 0.15) is 30.5 Å². The molecule has 1 aromatic heterocycles. The summed E-state index contributed by atoms with van der Waals surface area (Å²) in [6.45, 7) is 3.30. The minimum Gasteiger partial charge on any atom is -0.454 e. The first-order chi connectivity index (χ1) is 10.2. The van der Waals surface area contributed by atoms with Crippen molar-refractivity contribution in [3.63, 3.8) is 0 Å². The molecule has 3 rings (SSSR count). The van der Waals surface area contributed by atoms with Gasteiger partial charge in [-0.1, -0.05) is 36.2 Å². The normalized spacial score (nSPS) is 14.4. The predicted molar refractivity (Wildman–Crippen MR) is 87.0 cm³/mol. The van der Waals surface area contributed by atoms with Crippen LogP contribution in [0.2, 0.25) is 8.67 Å². The van der Waals surface area contributed by atoms with Gasteiger partial charge >= 0.3 is 0 Å². The number of rotatable bonds is 5. The smallest absolute Gasteiger partial charge is 0.231 e. The molecule has 2 heterocycles. The number of thiophene rings is 1. The van der Waals surface area contributed by atoms with Crippen molar-refractivity contribution >= 4 is 34.5 Å². The van der Waals surface area contributed by atoms with Crippen LogP contribution < -0.4 is 14.8 Å². The minimum atomic E-state index is -0.00398. The molecule has 0 aliphatic carbocycles. The van der Waals surface area contributed by atoms with Gasteiger partial charge in [0.15, 0.2) is 11.5 Å². The van der Waals surface area contributed by atoms with Crippen LogP contribution in [-0.2, 0) is 0 Å². The molecule has 0 saturated heterocycles. The lowest BCUT2D eigenvalue weighted by atomic mass is 10.0. The van der Waals surface area contributed by atoms with E-state index in [-0.39, 0.29) is 12.8 Å². The number of hydrogen-bond acceptors (Lipinski definition) is 4. The van der Waals surface area contributed by atoms with E-state index in [0.717, 1.165) is 35.6 Å². The molecule has 0 saturated carbocycles. The van der Waals surface area contributed by atoms with Gasteiger partial charge in [-0.15, -0.1) is 11.3 Å². The lowest BCUT2D eigenvalue weighted by molar-refractivity contribution is 0.174. The van der Waals surface area contributed by atoms with E-state index < -0.39 is 0 Å². The molecule has 0 bridgehead atoms. The maximum Gasteiger partial charge on any atom is 0.231 e. The Bertz CT molecular complexity index is 645. The summed E-state index contributed by atoms with van der Waals surface area (Å²) in [5, 5.41) is 3.51. The lowest BCUT2D eigenvalue weighted by Gasteiger charge is -2.19. The van der Waals surface area contributed by atoms with Crippen LogP contribution >= 0.6 is 34.5 Å². The first kappa shape index (κ1) is 15.0. The second kappa shape index (κ2) is 6.44. The van der Waals surface area contributed by atoms with Gasteiger partial charge in [0, 0.05) is 5.56 Å². The van der Waals surface area contributed by atoms with Crippen LogP contribution in [0.4, 0.5) is 0 Å². The monoisotopic (exact) mass is 343 g/mol. The van der Waals surface area contributed by atoms with Crippen molar-refractivity contribution in [2.75, 3.05) is 13.3 Å². The molecule has 3 nitrogen and oxygen atoms in total. The quantitative estimate of drug-likeness (QED) is 0.839. The van der Waals surface area contributed by atoms with Gasteiger partial charge in [-0.3, -0.25) is 0 Å². The molecule has 0 radical (unpaired) electrons. The minimum absolute atomic E-state index is 0.00398. The van der Waals surface area contributed by atoms with Gasteiger partial charge in [-0.2, -0.15) is 0 Å². The van der Waals surface area contributed by atoms with E-state index in [2.05, 4.69) is 12.2 Å². The highest BCUT2D eigenvalue weighted by Gasteiger charge is 2.22. The molecule has 0 fully saturated rings. The topological polar surface area (TPSA) is 30.5 Å². The number of fused-ring (bicyclic) bond motifs is 1. The zero-order valence-electron chi connectivity index (χ0n) is 11.5. The molecule has 1 aromatic carbocycles. The summed E-state index contributed by atoms with van der Waals surface area (Å²) in [6, 6.07) is 7.88. The van der Waals surface area contributed by atoms with Crippen molar-refractivity contribution in [3.8, 4) is 11.5 Å². The van der Waals surface area contributed by atoms with Crippen molar-refractivity contribution < 1.29 is 9.47 Å². The lowest BCUT2D eigenvalue weighted by Crippen LogP contribution is -2.23. The van der Waals surface area contributed by atoms with Gasteiger partial charge in [0.05, 0.1) is 14.7 Å². The molecule has 0 spiro atoms. The maximum absolute atomic E-state index is 6.32. The van der Waals surface area contributed by atoms with Gasteiger partial charge in [0.1, 0.15) is 0 Å². The van der Waals surface area contributed by atoms with Crippen LogP contribution in [0.3, 0.4) is 0 Å². The van der Waals surface area contributed by atoms with E-state index >= 15 is 0 Å². The number of ether oxygens (including phenoxy) is 2. The summed E-state index contributed by atoms with van der Waals surface area (Å²) in [5.41, 5.74) is 2.09. The maximum atomic E-state index is 6.32. The Kier molecular flexibility index (Phi) is 4.60. The Balaban J connectivity index is 1.97. The van der Waals surface area contributed by atoms with E-state index in [1.54, 1.807) is 0 Å². The zero-order chi connectivity index (χ0) is 14.8. The fourth-order valence-electron chi connectivity index (χ4n) is 2.34. The van der Waals surface area contributed by atoms with Gasteiger partial charge in [-0.05, 0) is 36.7 Å². The Morgan fingerprint density at radius 2 is 2.05 bits per heavy atom. The van der Waals surface area contributed by atoms with Gasteiger partial charge in [-0.25, -0.2) is 0 Å². The van der Waals surface area contributed by atoms with Crippen LogP contribution in [0.25, 0.3) is 0 Å². The second-order valence-corrected chi connectivity index (χ2v) is 7.06. The highest BCUT2D eigenvalue weighted by molar-refractivity contribution is 7.20. The molecule has 1 atom stereocenters. The van der Waals surface area contributed by atoms with Gasteiger partial charge in [0.2, 0.25) is 6.79 Å². The highest BCUT2D eigenvalue weighted by Crippen LogP contribution is 2.40. The van der Waals surface area contributed by atoms with Crippen molar-refractivity contribution in [2.45, 2.75) is 19.4 Å². The van der Waals surface area contributed by atoms with Crippen molar-refractivity contribution in [1.82, 2.24) is 5.32 Å². The fourth-order valence-corrected chi connectivity index (χ4v) is 3.87. The van der Waals surface area contributed by atoms with Crippen molar-refractivity contribution in [3.05, 3.63) is 44.1 Å². The number of hydrogen-bond donors (Lipinski definition) is 1. The number of nitrogens with one attached hydrogen (secondary N) is 1. The van der Waals surface area contributed by atoms with Crippen LogP contribution in [-0.4, -0.2) is 13.3 Å². The summed E-state index contributed by atoms with van der Waals surface area (Å²) in [4.78, 5) is 0. The predicted octanol–water partition coefficient (Wildman–Crippen LogP) is 4.87. The molecule has 2 aromatic rings. The van der Waals surface area contributed by atoms with Crippen molar-refractivity contribution in [1.29, 1.82) is 0 Å². The average Bonchev–Trinajstić information content (AvgIpc) is 3.05. The standard InChI is InChI=1S/C15H15Cl2NO2S/c1-2-5-18-14(10-7-13(16)21-15(10)17)9-3-4-11-12(6-9)20-8-19-11/h3-4,6-7,14,18H,2,5,8H2,1H3. The van der Waals surface area contributed by atoms with Crippen molar-refractivity contribution in [2.24, 2.45) is 0 Å². The molecule has 112 valence electrons.